The lowest BCUT2D eigenvalue weighted by atomic mass is 9.88. The highest BCUT2D eigenvalue weighted by Gasteiger charge is 2.33. The zero-order chi connectivity index (χ0) is 29.7. The van der Waals surface area contributed by atoms with Crippen molar-refractivity contribution < 1.29 is 41.4 Å². The van der Waals surface area contributed by atoms with Crippen molar-refractivity contribution in [1.82, 2.24) is 10.3 Å². The molecule has 0 spiro atoms. The Balaban J connectivity index is 1.71. The van der Waals surface area contributed by atoms with E-state index in [1.807, 2.05) is 20.8 Å². The monoisotopic (exact) mass is 575 g/mol. The van der Waals surface area contributed by atoms with Gasteiger partial charge in [0.05, 0.1) is 6.61 Å². The summed E-state index contributed by atoms with van der Waals surface area (Å²) in [6, 6.07) is 9.87. The topological polar surface area (TPSA) is 126 Å². The number of halogens is 3. The Morgan fingerprint density at radius 2 is 1.90 bits per heavy atom. The van der Waals surface area contributed by atoms with Crippen LogP contribution in [-0.2, 0) is 11.3 Å². The van der Waals surface area contributed by atoms with Gasteiger partial charge in [0, 0.05) is 12.1 Å². The van der Waals surface area contributed by atoms with Gasteiger partial charge in [-0.3, -0.25) is 4.79 Å². The maximum Gasteiger partial charge on any atom is 0.405 e. The largest absolute Gasteiger partial charge is 0.489 e. The van der Waals surface area contributed by atoms with Gasteiger partial charge in [-0.15, -0.1) is 0 Å². The number of carbonyl (C=O) groups excluding carboxylic acids is 2. The number of alkyl halides is 2. The summed E-state index contributed by atoms with van der Waals surface area (Å²) < 4.78 is 61.3. The second-order valence-corrected chi connectivity index (χ2v) is 11.0. The molecule has 0 radical (unpaired) electrons. The van der Waals surface area contributed by atoms with E-state index in [1.54, 1.807) is 6.07 Å². The lowest BCUT2D eigenvalue weighted by molar-refractivity contribution is -0.0515. The van der Waals surface area contributed by atoms with E-state index in [4.69, 9.17) is 19.6 Å². The van der Waals surface area contributed by atoms with Crippen molar-refractivity contribution >= 4 is 12.0 Å². The molecule has 2 amide bonds. The van der Waals surface area contributed by atoms with Gasteiger partial charge in [-0.25, -0.2) is 14.2 Å². The van der Waals surface area contributed by atoms with Gasteiger partial charge in [-0.2, -0.15) is 8.78 Å². The maximum atomic E-state index is 13.6. The summed E-state index contributed by atoms with van der Waals surface area (Å²) in [7, 11) is 0. The molecule has 3 N–H and O–H groups in total. The molecule has 1 aromatic heterocycles. The molecule has 0 saturated heterocycles. The van der Waals surface area contributed by atoms with Crippen molar-refractivity contribution in [3.63, 3.8) is 0 Å². The van der Waals surface area contributed by atoms with Crippen molar-refractivity contribution in [3.05, 3.63) is 65.3 Å². The molecule has 1 atom stereocenters. The number of amides is 2. The van der Waals surface area contributed by atoms with Gasteiger partial charge < -0.3 is 29.7 Å². The summed E-state index contributed by atoms with van der Waals surface area (Å²) >= 11 is 0. The van der Waals surface area contributed by atoms with Crippen LogP contribution in [0.5, 0.6) is 11.5 Å². The van der Waals surface area contributed by atoms with E-state index in [1.165, 1.54) is 36.4 Å². The van der Waals surface area contributed by atoms with Gasteiger partial charge in [0.1, 0.15) is 5.82 Å². The predicted octanol–water partition coefficient (Wildman–Crippen LogP) is 6.37. The van der Waals surface area contributed by atoms with Crippen LogP contribution >= 0.6 is 0 Å². The summed E-state index contributed by atoms with van der Waals surface area (Å²) in [5.74, 6) is -1.00. The van der Waals surface area contributed by atoms with E-state index in [2.05, 4.69) is 15.0 Å². The number of hydrogen-bond acceptors (Lipinski definition) is 7. The third-order valence-corrected chi connectivity index (χ3v) is 6.14. The fourth-order valence-electron chi connectivity index (χ4n) is 4.07. The molecule has 1 fully saturated rings. The predicted molar refractivity (Wildman–Crippen MR) is 142 cm³/mol. The van der Waals surface area contributed by atoms with Gasteiger partial charge in [-0.1, -0.05) is 32.9 Å². The number of oxazole rings is 1. The highest BCUT2D eigenvalue weighted by Crippen LogP contribution is 2.39. The number of nitrogens with two attached hydrogens (primary N) is 1. The van der Waals surface area contributed by atoms with Gasteiger partial charge in [0.15, 0.2) is 29.1 Å². The molecule has 3 aromatic rings. The minimum Gasteiger partial charge on any atom is -0.489 e. The molecule has 1 aliphatic rings. The number of nitrogens with zero attached hydrogens (tertiary/aromatic N) is 1. The van der Waals surface area contributed by atoms with Gasteiger partial charge in [0.2, 0.25) is 5.89 Å². The first-order valence-corrected chi connectivity index (χ1v) is 13.1. The number of hydrogen-bond donors (Lipinski definition) is 2. The molecular formula is C29H32F3N3O6. The molecule has 12 heteroatoms. The van der Waals surface area contributed by atoms with Crippen molar-refractivity contribution in [2.75, 3.05) is 6.61 Å². The number of primary amides is 1. The summed E-state index contributed by atoms with van der Waals surface area (Å²) in [5, 5.41) is 2.67. The number of nitrogens with one attached hydrogen (secondary N) is 1. The summed E-state index contributed by atoms with van der Waals surface area (Å²) in [4.78, 5) is 29.5. The third kappa shape index (κ3) is 8.63. The number of carbonyl (C=O) groups is 2. The van der Waals surface area contributed by atoms with Gasteiger partial charge >= 0.3 is 12.7 Å². The molecule has 1 heterocycles. The van der Waals surface area contributed by atoms with Crippen molar-refractivity contribution in [2.45, 2.75) is 59.3 Å². The van der Waals surface area contributed by atoms with Crippen LogP contribution in [0.1, 0.15) is 67.9 Å². The highest BCUT2D eigenvalue weighted by molar-refractivity contribution is 5.94. The van der Waals surface area contributed by atoms with Crippen LogP contribution in [-0.4, -0.2) is 30.2 Å². The minimum atomic E-state index is -3.06. The van der Waals surface area contributed by atoms with Crippen LogP contribution in [0, 0.1) is 17.2 Å². The van der Waals surface area contributed by atoms with E-state index in [0.29, 0.717) is 23.7 Å². The number of benzene rings is 2. The smallest absolute Gasteiger partial charge is 0.405 e. The second kappa shape index (κ2) is 12.5. The Bertz CT molecular complexity index is 1380. The molecule has 1 aliphatic carbocycles. The Morgan fingerprint density at radius 3 is 2.54 bits per heavy atom. The second-order valence-electron chi connectivity index (χ2n) is 11.0. The first-order valence-electron chi connectivity index (χ1n) is 13.1. The molecule has 41 heavy (non-hydrogen) atoms. The van der Waals surface area contributed by atoms with Crippen LogP contribution in [0.25, 0.3) is 11.5 Å². The van der Waals surface area contributed by atoms with Crippen LogP contribution in [0.4, 0.5) is 18.0 Å². The van der Waals surface area contributed by atoms with E-state index >= 15 is 0 Å². The lowest BCUT2D eigenvalue weighted by Crippen LogP contribution is -2.27. The molecule has 4 rings (SSSR count). The average Bonchev–Trinajstić information content (AvgIpc) is 3.60. The molecule has 0 aliphatic heterocycles. The van der Waals surface area contributed by atoms with E-state index in [0.717, 1.165) is 12.8 Å². The summed E-state index contributed by atoms with van der Waals surface area (Å²) in [5.41, 5.74) is 5.57. The molecular weight excluding hydrogens is 543 g/mol. The fraction of sp³-hybridized carbons (Fsp3) is 0.414. The van der Waals surface area contributed by atoms with E-state index in [9.17, 15) is 22.8 Å². The molecule has 1 unspecified atom stereocenters. The number of rotatable bonds is 12. The third-order valence-electron chi connectivity index (χ3n) is 6.14. The maximum absolute atomic E-state index is 13.6. The minimum absolute atomic E-state index is 0.0162. The first-order chi connectivity index (χ1) is 19.4. The highest BCUT2D eigenvalue weighted by atomic mass is 19.3. The van der Waals surface area contributed by atoms with Gasteiger partial charge in [-0.05, 0) is 66.5 Å². The van der Waals surface area contributed by atoms with E-state index < -0.39 is 30.5 Å². The molecule has 9 nitrogen and oxygen atoms in total. The molecule has 2 aromatic carbocycles. The zero-order valence-electron chi connectivity index (χ0n) is 22.9. The van der Waals surface area contributed by atoms with E-state index in [-0.39, 0.29) is 47.2 Å². The zero-order valence-corrected chi connectivity index (χ0v) is 22.9. The summed E-state index contributed by atoms with van der Waals surface area (Å²) in [6.45, 7) is 2.95. The lowest BCUT2D eigenvalue weighted by Gasteiger charge is -2.24. The van der Waals surface area contributed by atoms with Crippen LogP contribution in [0.3, 0.4) is 0 Å². The fourth-order valence-corrected chi connectivity index (χ4v) is 4.07. The molecule has 0 bridgehead atoms. The first kappa shape index (κ1) is 29.8. The van der Waals surface area contributed by atoms with Crippen molar-refractivity contribution in [1.29, 1.82) is 0 Å². The quantitative estimate of drug-likeness (QED) is 0.257. The van der Waals surface area contributed by atoms with Crippen molar-refractivity contribution in [2.24, 2.45) is 17.1 Å². The SMILES string of the molecule is CC(C)(C)CC(OC(N)=O)c1oc(-c2ccc(OC(F)F)c(OCC3CC3)c2)nc1C(=O)NCc1cccc(F)c1. The average molecular weight is 576 g/mol. The summed E-state index contributed by atoms with van der Waals surface area (Å²) in [6.07, 6.45) is 0.0443. The van der Waals surface area contributed by atoms with Crippen LogP contribution in [0.2, 0.25) is 0 Å². The van der Waals surface area contributed by atoms with Gasteiger partial charge in [0.25, 0.3) is 5.91 Å². The number of aromatic nitrogens is 1. The Morgan fingerprint density at radius 1 is 1.15 bits per heavy atom. The van der Waals surface area contributed by atoms with Crippen molar-refractivity contribution in [3.8, 4) is 23.0 Å². The molecule has 220 valence electrons. The normalized spacial score (nSPS) is 14.0. The Hall–Kier alpha value is -4.22. The number of ether oxygens (including phenoxy) is 3. The Kier molecular flexibility index (Phi) is 9.09. The standard InChI is InChI=1S/C29H32F3N3O6/c1-29(2,3)13-22(40-28(33)37)24-23(25(36)34-14-17-5-4-6-19(30)11-17)35-26(41-24)18-9-10-20(39-27(31)32)21(12-18)38-15-16-7-8-16/h4-6,9-12,16,22,27H,7-8,13-15H2,1-3H3,(H2,33,37)(H,34,36). The molecule has 1 saturated carbocycles. The van der Waals surface area contributed by atoms with Crippen LogP contribution in [0.15, 0.2) is 46.9 Å². The Labute approximate surface area is 235 Å². The van der Waals surface area contributed by atoms with Crippen LogP contribution < -0.4 is 20.5 Å².